The molecule has 1 aromatic carbocycles. The van der Waals surface area contributed by atoms with E-state index in [2.05, 4.69) is 5.32 Å². The molecule has 1 N–H and O–H groups in total. The Balaban J connectivity index is 2.78. The number of carbonyl (C=O) groups is 1. The molecule has 0 radical (unpaired) electrons. The molecule has 0 spiro atoms. The third-order valence-corrected chi connectivity index (χ3v) is 2.28. The van der Waals surface area contributed by atoms with E-state index in [9.17, 15) is 4.79 Å². The molecule has 1 aromatic rings. The second-order valence-corrected chi connectivity index (χ2v) is 3.31. The first-order valence-electron chi connectivity index (χ1n) is 5.18. The lowest BCUT2D eigenvalue weighted by Crippen LogP contribution is -2.21. The molecule has 1 rings (SSSR count). The van der Waals surface area contributed by atoms with Gasteiger partial charge in [0.15, 0.2) is 0 Å². The van der Waals surface area contributed by atoms with Crippen molar-refractivity contribution in [3.05, 3.63) is 23.8 Å². The second kappa shape index (κ2) is 6.00. The standard InChI is InChI=1S/C12H17NO3/c1-4-12(14)13-8-9-7-10(15-2)5-6-11(9)16-3/h5-7H,4,8H2,1-3H3,(H,13,14). The summed E-state index contributed by atoms with van der Waals surface area (Å²) in [6.45, 7) is 2.27. The SMILES string of the molecule is CCC(=O)NCc1cc(OC)ccc1OC. The van der Waals surface area contributed by atoms with Crippen LogP contribution < -0.4 is 14.8 Å². The third-order valence-electron chi connectivity index (χ3n) is 2.28. The van der Waals surface area contributed by atoms with Gasteiger partial charge in [-0.1, -0.05) is 6.92 Å². The monoisotopic (exact) mass is 223 g/mol. The highest BCUT2D eigenvalue weighted by Crippen LogP contribution is 2.23. The minimum Gasteiger partial charge on any atom is -0.497 e. The van der Waals surface area contributed by atoms with Crippen molar-refractivity contribution in [3.63, 3.8) is 0 Å². The molecule has 0 heterocycles. The van der Waals surface area contributed by atoms with Crippen LogP contribution >= 0.6 is 0 Å². The summed E-state index contributed by atoms with van der Waals surface area (Å²) in [4.78, 5) is 11.2. The van der Waals surface area contributed by atoms with Crippen LogP contribution in [0.4, 0.5) is 0 Å². The zero-order valence-corrected chi connectivity index (χ0v) is 9.87. The fourth-order valence-electron chi connectivity index (χ4n) is 1.34. The Morgan fingerprint density at radius 1 is 1.31 bits per heavy atom. The highest BCUT2D eigenvalue weighted by Gasteiger charge is 2.06. The van der Waals surface area contributed by atoms with E-state index in [0.717, 1.165) is 17.1 Å². The third kappa shape index (κ3) is 3.15. The van der Waals surface area contributed by atoms with Gasteiger partial charge in [-0.05, 0) is 18.2 Å². The maximum absolute atomic E-state index is 11.2. The first kappa shape index (κ1) is 12.4. The van der Waals surface area contributed by atoms with E-state index >= 15 is 0 Å². The van der Waals surface area contributed by atoms with E-state index in [1.165, 1.54) is 0 Å². The van der Waals surface area contributed by atoms with Crippen LogP contribution in [0.3, 0.4) is 0 Å². The van der Waals surface area contributed by atoms with Gasteiger partial charge in [0.05, 0.1) is 14.2 Å². The summed E-state index contributed by atoms with van der Waals surface area (Å²) in [5.74, 6) is 1.52. The van der Waals surface area contributed by atoms with Gasteiger partial charge in [0, 0.05) is 18.5 Å². The zero-order chi connectivity index (χ0) is 12.0. The molecule has 0 aliphatic heterocycles. The lowest BCUT2D eigenvalue weighted by molar-refractivity contribution is -0.120. The topological polar surface area (TPSA) is 47.6 Å². The molecule has 0 bridgehead atoms. The molecule has 0 saturated heterocycles. The van der Waals surface area contributed by atoms with Crippen molar-refractivity contribution in [1.82, 2.24) is 5.32 Å². The van der Waals surface area contributed by atoms with Crippen molar-refractivity contribution in [1.29, 1.82) is 0 Å². The maximum Gasteiger partial charge on any atom is 0.219 e. The van der Waals surface area contributed by atoms with Gasteiger partial charge in [0.25, 0.3) is 0 Å². The molecule has 16 heavy (non-hydrogen) atoms. The summed E-state index contributed by atoms with van der Waals surface area (Å²) in [6, 6.07) is 5.50. The molecule has 0 aliphatic rings. The predicted octanol–water partition coefficient (Wildman–Crippen LogP) is 1.73. The summed E-state index contributed by atoms with van der Waals surface area (Å²) in [6.07, 6.45) is 0.478. The number of benzene rings is 1. The highest BCUT2D eigenvalue weighted by atomic mass is 16.5. The number of hydrogen-bond acceptors (Lipinski definition) is 3. The fraction of sp³-hybridized carbons (Fsp3) is 0.417. The maximum atomic E-state index is 11.2. The molecule has 0 unspecified atom stereocenters. The fourth-order valence-corrected chi connectivity index (χ4v) is 1.34. The number of rotatable bonds is 5. The number of ether oxygens (including phenoxy) is 2. The van der Waals surface area contributed by atoms with Gasteiger partial charge >= 0.3 is 0 Å². The van der Waals surface area contributed by atoms with E-state index in [0.29, 0.717) is 13.0 Å². The predicted molar refractivity (Wildman–Crippen MR) is 61.7 cm³/mol. The average Bonchev–Trinajstić information content (AvgIpc) is 2.35. The van der Waals surface area contributed by atoms with Crippen molar-refractivity contribution in [2.45, 2.75) is 19.9 Å². The zero-order valence-electron chi connectivity index (χ0n) is 9.87. The lowest BCUT2D eigenvalue weighted by Gasteiger charge is -2.11. The Morgan fingerprint density at radius 3 is 2.62 bits per heavy atom. The van der Waals surface area contributed by atoms with Crippen LogP contribution in [-0.4, -0.2) is 20.1 Å². The van der Waals surface area contributed by atoms with Gasteiger partial charge in [-0.2, -0.15) is 0 Å². The van der Waals surface area contributed by atoms with E-state index in [-0.39, 0.29) is 5.91 Å². The number of carbonyl (C=O) groups excluding carboxylic acids is 1. The summed E-state index contributed by atoms with van der Waals surface area (Å²) in [5, 5.41) is 2.80. The summed E-state index contributed by atoms with van der Waals surface area (Å²) in [7, 11) is 3.21. The van der Waals surface area contributed by atoms with Gasteiger partial charge in [-0.3, -0.25) is 4.79 Å². The van der Waals surface area contributed by atoms with E-state index < -0.39 is 0 Å². The first-order chi connectivity index (χ1) is 7.71. The quantitative estimate of drug-likeness (QED) is 0.827. The van der Waals surface area contributed by atoms with Gasteiger partial charge in [0.1, 0.15) is 11.5 Å². The second-order valence-electron chi connectivity index (χ2n) is 3.31. The van der Waals surface area contributed by atoms with Gasteiger partial charge in [0.2, 0.25) is 5.91 Å². The Hall–Kier alpha value is -1.71. The molecular formula is C12H17NO3. The van der Waals surface area contributed by atoms with Gasteiger partial charge < -0.3 is 14.8 Å². The van der Waals surface area contributed by atoms with Crippen LogP contribution in [0.1, 0.15) is 18.9 Å². The van der Waals surface area contributed by atoms with Crippen LogP contribution in [-0.2, 0) is 11.3 Å². The smallest absolute Gasteiger partial charge is 0.219 e. The van der Waals surface area contributed by atoms with E-state index in [4.69, 9.17) is 9.47 Å². The molecule has 4 nitrogen and oxygen atoms in total. The van der Waals surface area contributed by atoms with Crippen LogP contribution in [0.15, 0.2) is 18.2 Å². The van der Waals surface area contributed by atoms with Crippen molar-refractivity contribution >= 4 is 5.91 Å². The Bertz CT molecular complexity index is 363. The molecule has 4 heteroatoms. The molecule has 88 valence electrons. The largest absolute Gasteiger partial charge is 0.497 e. The number of nitrogens with one attached hydrogen (secondary N) is 1. The summed E-state index contributed by atoms with van der Waals surface area (Å²) in [5.41, 5.74) is 0.906. The van der Waals surface area contributed by atoms with Gasteiger partial charge in [-0.25, -0.2) is 0 Å². The van der Waals surface area contributed by atoms with Gasteiger partial charge in [-0.15, -0.1) is 0 Å². The van der Waals surface area contributed by atoms with Crippen molar-refractivity contribution < 1.29 is 14.3 Å². The van der Waals surface area contributed by atoms with Crippen molar-refractivity contribution in [2.75, 3.05) is 14.2 Å². The molecule has 0 fully saturated rings. The Labute approximate surface area is 95.6 Å². The number of hydrogen-bond donors (Lipinski definition) is 1. The van der Waals surface area contributed by atoms with Crippen molar-refractivity contribution in [2.24, 2.45) is 0 Å². The first-order valence-corrected chi connectivity index (χ1v) is 5.18. The normalized spacial score (nSPS) is 9.69. The number of methoxy groups -OCH3 is 2. The Morgan fingerprint density at radius 2 is 2.06 bits per heavy atom. The lowest BCUT2D eigenvalue weighted by atomic mass is 10.2. The molecule has 0 saturated carbocycles. The van der Waals surface area contributed by atoms with Crippen LogP contribution in [0.25, 0.3) is 0 Å². The molecule has 0 aromatic heterocycles. The minimum atomic E-state index is 0.0184. The number of amides is 1. The van der Waals surface area contributed by atoms with E-state index in [1.807, 2.05) is 25.1 Å². The summed E-state index contributed by atoms with van der Waals surface area (Å²) < 4.78 is 10.3. The molecule has 0 atom stereocenters. The molecular weight excluding hydrogens is 206 g/mol. The minimum absolute atomic E-state index is 0.0184. The molecule has 1 amide bonds. The Kier molecular flexibility index (Phi) is 4.64. The van der Waals surface area contributed by atoms with Crippen LogP contribution in [0, 0.1) is 0 Å². The highest BCUT2D eigenvalue weighted by molar-refractivity contribution is 5.75. The van der Waals surface area contributed by atoms with Crippen molar-refractivity contribution in [3.8, 4) is 11.5 Å². The van der Waals surface area contributed by atoms with Crippen LogP contribution in [0.5, 0.6) is 11.5 Å². The van der Waals surface area contributed by atoms with E-state index in [1.54, 1.807) is 14.2 Å². The van der Waals surface area contributed by atoms with Crippen LogP contribution in [0.2, 0.25) is 0 Å². The average molecular weight is 223 g/mol. The summed E-state index contributed by atoms with van der Waals surface area (Å²) >= 11 is 0. The molecule has 0 aliphatic carbocycles.